The fourth-order valence-corrected chi connectivity index (χ4v) is 3.44. The molecule has 1 unspecified atom stereocenters. The van der Waals surface area contributed by atoms with Crippen molar-refractivity contribution in [2.24, 2.45) is 0 Å². The van der Waals surface area contributed by atoms with E-state index in [1.807, 2.05) is 25.8 Å². The highest BCUT2D eigenvalue weighted by Crippen LogP contribution is 2.19. The molecule has 2 aliphatic rings. The number of hydrogen-bond acceptors (Lipinski definition) is 5. The summed E-state index contributed by atoms with van der Waals surface area (Å²) in [7, 11) is 1.83. The number of likely N-dealkylation sites (N-methyl/N-ethyl adjacent to an activating group) is 1. The third-order valence-corrected chi connectivity index (χ3v) is 5.00. The van der Waals surface area contributed by atoms with E-state index >= 15 is 0 Å². The van der Waals surface area contributed by atoms with Gasteiger partial charge in [-0.05, 0) is 20.3 Å². The molecule has 1 aromatic rings. The van der Waals surface area contributed by atoms with Crippen molar-refractivity contribution in [1.29, 1.82) is 0 Å². The molecule has 2 saturated heterocycles. The van der Waals surface area contributed by atoms with Gasteiger partial charge in [0.15, 0.2) is 0 Å². The normalized spacial score (nSPS) is 22.4. The van der Waals surface area contributed by atoms with Gasteiger partial charge in [-0.25, -0.2) is 0 Å². The molecule has 0 N–H and O–H groups in total. The number of rotatable bonds is 3. The van der Waals surface area contributed by atoms with Crippen LogP contribution in [0.3, 0.4) is 0 Å². The quantitative estimate of drug-likeness (QED) is 0.796. The third-order valence-electron chi connectivity index (χ3n) is 5.00. The van der Waals surface area contributed by atoms with Crippen LogP contribution >= 0.6 is 0 Å². The molecule has 0 aliphatic carbocycles. The average molecular weight is 320 g/mol. The highest BCUT2D eigenvalue weighted by molar-refractivity contribution is 5.84. The summed E-state index contributed by atoms with van der Waals surface area (Å²) in [4.78, 5) is 30.6. The van der Waals surface area contributed by atoms with Crippen molar-refractivity contribution in [3.8, 4) is 0 Å². The summed E-state index contributed by atoms with van der Waals surface area (Å²) in [5, 5.41) is 3.92. The van der Waals surface area contributed by atoms with Crippen LogP contribution < -0.4 is 0 Å². The Bertz CT molecular complexity index is 593. The fourth-order valence-electron chi connectivity index (χ4n) is 3.44. The van der Waals surface area contributed by atoms with Gasteiger partial charge in [0.1, 0.15) is 11.8 Å². The number of aryl methyl sites for hydroxylation is 2. The first-order valence-electron chi connectivity index (χ1n) is 8.16. The number of nitrogens with zero attached hydrogens (tertiary/aromatic N) is 4. The van der Waals surface area contributed by atoms with Gasteiger partial charge < -0.3 is 14.3 Å². The topological polar surface area (TPSA) is 69.9 Å². The fraction of sp³-hybridized carbons (Fsp3) is 0.688. The Morgan fingerprint density at radius 1 is 1.26 bits per heavy atom. The molecule has 23 heavy (non-hydrogen) atoms. The number of amides is 2. The second-order valence-corrected chi connectivity index (χ2v) is 6.45. The van der Waals surface area contributed by atoms with Gasteiger partial charge in [-0.15, -0.1) is 0 Å². The lowest BCUT2D eigenvalue weighted by atomic mass is 10.1. The molecule has 1 atom stereocenters. The number of hydrogen-bond donors (Lipinski definition) is 0. The van der Waals surface area contributed by atoms with Gasteiger partial charge in [0, 0.05) is 51.8 Å². The summed E-state index contributed by atoms with van der Waals surface area (Å²) in [6, 6.07) is -0.175. The SMILES string of the molecule is Cc1noc(C)c1CCC(=O)N1CCN2CCN(C)C(=O)C2C1. The predicted molar refractivity (Wildman–Crippen MR) is 83.9 cm³/mol. The Labute approximate surface area is 136 Å². The lowest BCUT2D eigenvalue weighted by Crippen LogP contribution is -2.64. The minimum Gasteiger partial charge on any atom is -0.361 e. The van der Waals surface area contributed by atoms with Crippen molar-refractivity contribution in [2.75, 3.05) is 39.8 Å². The second-order valence-electron chi connectivity index (χ2n) is 6.45. The zero-order valence-corrected chi connectivity index (χ0v) is 14.0. The molecule has 1 aromatic heterocycles. The van der Waals surface area contributed by atoms with Crippen molar-refractivity contribution in [2.45, 2.75) is 32.7 Å². The Balaban J connectivity index is 1.59. The molecular weight excluding hydrogens is 296 g/mol. The van der Waals surface area contributed by atoms with Gasteiger partial charge in [-0.3, -0.25) is 14.5 Å². The zero-order valence-electron chi connectivity index (χ0n) is 14.0. The minimum absolute atomic E-state index is 0.102. The molecule has 7 heteroatoms. The number of piperazine rings is 2. The van der Waals surface area contributed by atoms with E-state index in [1.54, 1.807) is 4.90 Å². The Morgan fingerprint density at radius 3 is 2.70 bits per heavy atom. The molecule has 0 spiro atoms. The standard InChI is InChI=1S/C16H24N4O3/c1-11-13(12(2)23-17-11)4-5-15(21)20-9-8-19-7-6-18(3)16(22)14(19)10-20/h14H,4-10H2,1-3H3. The maximum absolute atomic E-state index is 12.5. The van der Waals surface area contributed by atoms with Crippen molar-refractivity contribution in [1.82, 2.24) is 19.9 Å². The zero-order chi connectivity index (χ0) is 16.6. The van der Waals surface area contributed by atoms with Gasteiger partial charge in [0.25, 0.3) is 0 Å². The Morgan fingerprint density at radius 2 is 2.00 bits per heavy atom. The van der Waals surface area contributed by atoms with E-state index in [0.717, 1.165) is 36.7 Å². The van der Waals surface area contributed by atoms with Crippen LogP contribution in [0.4, 0.5) is 0 Å². The molecule has 3 heterocycles. The molecule has 3 rings (SSSR count). The molecule has 2 amide bonds. The lowest BCUT2D eigenvalue weighted by molar-refractivity contribution is -0.147. The summed E-state index contributed by atoms with van der Waals surface area (Å²) in [6.45, 7) is 7.42. The first kappa shape index (κ1) is 16.0. The van der Waals surface area contributed by atoms with Gasteiger partial charge in [0.2, 0.25) is 11.8 Å². The Kier molecular flexibility index (Phi) is 4.39. The maximum Gasteiger partial charge on any atom is 0.241 e. The van der Waals surface area contributed by atoms with Gasteiger partial charge in [0.05, 0.1) is 5.69 Å². The first-order chi connectivity index (χ1) is 11.0. The van der Waals surface area contributed by atoms with Crippen LogP contribution in [0.15, 0.2) is 4.52 Å². The monoisotopic (exact) mass is 320 g/mol. The smallest absolute Gasteiger partial charge is 0.241 e. The number of carbonyl (C=O) groups excluding carboxylic acids is 2. The molecule has 7 nitrogen and oxygen atoms in total. The number of fused-ring (bicyclic) bond motifs is 1. The van der Waals surface area contributed by atoms with Crippen molar-refractivity contribution in [3.05, 3.63) is 17.0 Å². The van der Waals surface area contributed by atoms with Crippen LogP contribution in [0, 0.1) is 13.8 Å². The summed E-state index contributed by atoms with van der Waals surface area (Å²) in [5.41, 5.74) is 1.87. The van der Waals surface area contributed by atoms with E-state index < -0.39 is 0 Å². The van der Waals surface area contributed by atoms with Crippen LogP contribution in [0.2, 0.25) is 0 Å². The van der Waals surface area contributed by atoms with E-state index in [1.165, 1.54) is 0 Å². The number of carbonyl (C=O) groups is 2. The first-order valence-corrected chi connectivity index (χ1v) is 8.16. The van der Waals surface area contributed by atoms with Crippen LogP contribution in [-0.2, 0) is 16.0 Å². The maximum atomic E-state index is 12.5. The minimum atomic E-state index is -0.175. The van der Waals surface area contributed by atoms with E-state index in [4.69, 9.17) is 4.52 Å². The van der Waals surface area contributed by atoms with Crippen LogP contribution in [-0.4, -0.2) is 77.5 Å². The van der Waals surface area contributed by atoms with E-state index in [9.17, 15) is 9.59 Å². The average Bonchev–Trinajstić information content (AvgIpc) is 2.87. The van der Waals surface area contributed by atoms with Crippen LogP contribution in [0.1, 0.15) is 23.4 Å². The molecule has 0 aromatic carbocycles. The largest absolute Gasteiger partial charge is 0.361 e. The molecule has 2 aliphatic heterocycles. The molecular formula is C16H24N4O3. The van der Waals surface area contributed by atoms with Gasteiger partial charge in [-0.1, -0.05) is 5.16 Å². The molecule has 126 valence electrons. The highest BCUT2D eigenvalue weighted by Gasteiger charge is 2.38. The van der Waals surface area contributed by atoms with E-state index in [-0.39, 0.29) is 17.9 Å². The summed E-state index contributed by atoms with van der Waals surface area (Å²) < 4.78 is 5.14. The third kappa shape index (κ3) is 3.10. The van der Waals surface area contributed by atoms with E-state index in [2.05, 4.69) is 10.1 Å². The van der Waals surface area contributed by atoms with Crippen molar-refractivity contribution >= 4 is 11.8 Å². The van der Waals surface area contributed by atoms with Gasteiger partial charge >= 0.3 is 0 Å². The summed E-state index contributed by atoms with van der Waals surface area (Å²) >= 11 is 0. The lowest BCUT2D eigenvalue weighted by Gasteiger charge is -2.45. The predicted octanol–water partition coefficient (Wildman–Crippen LogP) is 0.209. The van der Waals surface area contributed by atoms with Crippen molar-refractivity contribution < 1.29 is 14.1 Å². The molecule has 0 radical (unpaired) electrons. The highest BCUT2D eigenvalue weighted by atomic mass is 16.5. The Hall–Kier alpha value is -1.89. The van der Waals surface area contributed by atoms with Crippen LogP contribution in [0.5, 0.6) is 0 Å². The van der Waals surface area contributed by atoms with Gasteiger partial charge in [-0.2, -0.15) is 0 Å². The van der Waals surface area contributed by atoms with Crippen molar-refractivity contribution in [3.63, 3.8) is 0 Å². The molecule has 0 saturated carbocycles. The summed E-state index contributed by atoms with van der Waals surface area (Å²) in [6.07, 6.45) is 1.07. The second kappa shape index (κ2) is 6.31. The molecule has 2 fully saturated rings. The van der Waals surface area contributed by atoms with E-state index in [0.29, 0.717) is 25.9 Å². The molecule has 0 bridgehead atoms. The summed E-state index contributed by atoms with van der Waals surface area (Å²) in [5.74, 6) is 1.01. The van der Waals surface area contributed by atoms with Crippen LogP contribution in [0.25, 0.3) is 0 Å². The number of aromatic nitrogens is 1.